The van der Waals surface area contributed by atoms with Crippen molar-refractivity contribution in [2.24, 2.45) is 0 Å². The molecule has 0 aliphatic rings. The van der Waals surface area contributed by atoms with Crippen LogP contribution in [0.2, 0.25) is 0 Å². The Morgan fingerprint density at radius 3 is 2.33 bits per heavy atom. The van der Waals surface area contributed by atoms with Crippen LogP contribution in [0.25, 0.3) is 0 Å². The Kier molecular flexibility index (Phi) is 4.70. The van der Waals surface area contributed by atoms with E-state index in [0.717, 1.165) is 18.2 Å². The first-order valence-electron chi connectivity index (χ1n) is 5.68. The van der Waals surface area contributed by atoms with Gasteiger partial charge in [0.25, 0.3) is 0 Å². The van der Waals surface area contributed by atoms with Crippen molar-refractivity contribution >= 4 is 26.0 Å². The van der Waals surface area contributed by atoms with Crippen LogP contribution in [0.5, 0.6) is 0 Å². The van der Waals surface area contributed by atoms with Crippen LogP contribution in [-0.4, -0.2) is 8.42 Å². The summed E-state index contributed by atoms with van der Waals surface area (Å²) in [7, 11) is -4.00. The third-order valence-corrected chi connectivity index (χ3v) is 4.71. The second kappa shape index (κ2) is 6.17. The highest BCUT2D eigenvalue weighted by atomic mass is 79.9. The lowest BCUT2D eigenvalue weighted by Gasteiger charge is -2.08. The lowest BCUT2D eigenvalue weighted by Crippen LogP contribution is -2.24. The molecule has 3 nitrogen and oxygen atoms in total. The van der Waals surface area contributed by atoms with Crippen LogP contribution in [0.3, 0.4) is 0 Å². The SMILES string of the molecule is O=S(=O)(NCc1ccc(F)cc1F)c1ccc(Br)c(F)c1. The van der Waals surface area contributed by atoms with E-state index in [4.69, 9.17) is 0 Å². The first-order chi connectivity index (χ1) is 9.79. The van der Waals surface area contributed by atoms with E-state index in [1.54, 1.807) is 0 Å². The molecule has 0 aromatic heterocycles. The fraction of sp³-hybridized carbons (Fsp3) is 0.0769. The molecule has 8 heteroatoms. The van der Waals surface area contributed by atoms with E-state index >= 15 is 0 Å². The van der Waals surface area contributed by atoms with E-state index in [2.05, 4.69) is 20.7 Å². The summed E-state index contributed by atoms with van der Waals surface area (Å²) in [4.78, 5) is -0.286. The molecule has 0 unspecified atom stereocenters. The van der Waals surface area contributed by atoms with Crippen LogP contribution in [0.1, 0.15) is 5.56 Å². The largest absolute Gasteiger partial charge is 0.240 e. The Bertz CT molecular complexity index is 781. The van der Waals surface area contributed by atoms with Crippen molar-refractivity contribution in [2.45, 2.75) is 11.4 Å². The Hall–Kier alpha value is -1.38. The fourth-order valence-corrected chi connectivity index (χ4v) is 2.83. The Morgan fingerprint density at radius 2 is 1.71 bits per heavy atom. The lowest BCUT2D eigenvalue weighted by molar-refractivity contribution is 0.561. The highest BCUT2D eigenvalue weighted by Gasteiger charge is 2.16. The Balaban J connectivity index is 2.19. The molecule has 0 aliphatic heterocycles. The molecule has 21 heavy (non-hydrogen) atoms. The smallest absolute Gasteiger partial charge is 0.207 e. The van der Waals surface area contributed by atoms with Gasteiger partial charge in [-0.2, -0.15) is 0 Å². The molecule has 0 radical (unpaired) electrons. The first-order valence-corrected chi connectivity index (χ1v) is 7.96. The molecule has 2 aromatic rings. The van der Waals surface area contributed by atoms with Gasteiger partial charge in [0.1, 0.15) is 17.5 Å². The van der Waals surface area contributed by atoms with Crippen LogP contribution in [-0.2, 0) is 16.6 Å². The molecule has 1 N–H and O–H groups in total. The predicted molar refractivity (Wildman–Crippen MR) is 74.5 cm³/mol. The maximum atomic E-state index is 13.4. The van der Waals surface area contributed by atoms with Gasteiger partial charge >= 0.3 is 0 Å². The van der Waals surface area contributed by atoms with E-state index in [9.17, 15) is 21.6 Å². The normalized spacial score (nSPS) is 11.6. The van der Waals surface area contributed by atoms with E-state index in [0.29, 0.717) is 6.07 Å². The van der Waals surface area contributed by atoms with Crippen molar-refractivity contribution in [1.29, 1.82) is 0 Å². The molecule has 0 bridgehead atoms. The van der Waals surface area contributed by atoms with Crippen LogP contribution in [0.4, 0.5) is 13.2 Å². The summed E-state index contributed by atoms with van der Waals surface area (Å²) in [6.07, 6.45) is 0. The highest BCUT2D eigenvalue weighted by Crippen LogP contribution is 2.19. The topological polar surface area (TPSA) is 46.2 Å². The molecule has 0 aliphatic carbocycles. The molecular weight excluding hydrogens is 371 g/mol. The average molecular weight is 380 g/mol. The van der Waals surface area contributed by atoms with E-state index in [1.165, 1.54) is 12.1 Å². The third kappa shape index (κ3) is 3.84. The molecule has 0 amide bonds. The van der Waals surface area contributed by atoms with Crippen LogP contribution in [0.15, 0.2) is 45.8 Å². The summed E-state index contributed by atoms with van der Waals surface area (Å²) in [5, 5.41) is 0. The summed E-state index contributed by atoms with van der Waals surface area (Å²) in [6.45, 7) is -0.369. The first kappa shape index (κ1) is 16.0. The minimum absolute atomic E-state index is 0.0161. The number of sulfonamides is 1. The van der Waals surface area contributed by atoms with E-state index in [1.807, 2.05) is 0 Å². The van der Waals surface area contributed by atoms with Gasteiger partial charge in [-0.3, -0.25) is 0 Å². The molecule has 0 spiro atoms. The minimum Gasteiger partial charge on any atom is -0.207 e. The van der Waals surface area contributed by atoms with Gasteiger partial charge in [-0.15, -0.1) is 0 Å². The van der Waals surface area contributed by atoms with Crippen molar-refractivity contribution in [3.05, 3.63) is 63.9 Å². The van der Waals surface area contributed by atoms with Crippen LogP contribution < -0.4 is 4.72 Å². The molecule has 0 heterocycles. The third-order valence-electron chi connectivity index (χ3n) is 2.67. The lowest BCUT2D eigenvalue weighted by atomic mass is 10.2. The minimum atomic E-state index is -4.00. The summed E-state index contributed by atoms with van der Waals surface area (Å²) < 4.78 is 65.7. The van der Waals surface area contributed by atoms with Gasteiger partial charge in [-0.05, 0) is 40.2 Å². The fourth-order valence-electron chi connectivity index (χ4n) is 1.57. The molecule has 2 rings (SSSR count). The quantitative estimate of drug-likeness (QED) is 0.885. The molecule has 2 aromatic carbocycles. The molecule has 112 valence electrons. The summed E-state index contributed by atoms with van der Waals surface area (Å²) in [5.74, 6) is -2.35. The zero-order valence-electron chi connectivity index (χ0n) is 10.4. The average Bonchev–Trinajstić information content (AvgIpc) is 2.40. The number of hydrogen-bond donors (Lipinski definition) is 1. The Morgan fingerprint density at radius 1 is 1.00 bits per heavy atom. The van der Waals surface area contributed by atoms with E-state index in [-0.39, 0.29) is 21.5 Å². The second-order valence-electron chi connectivity index (χ2n) is 4.14. The second-order valence-corrected chi connectivity index (χ2v) is 6.76. The summed E-state index contributed by atoms with van der Waals surface area (Å²) in [5.41, 5.74) is -0.0161. The molecule has 0 atom stereocenters. The maximum Gasteiger partial charge on any atom is 0.240 e. The molecule has 0 fully saturated rings. The monoisotopic (exact) mass is 379 g/mol. The number of hydrogen-bond acceptors (Lipinski definition) is 2. The van der Waals surface area contributed by atoms with Crippen molar-refractivity contribution in [3.63, 3.8) is 0 Å². The number of halogens is 4. The van der Waals surface area contributed by atoms with Crippen molar-refractivity contribution in [2.75, 3.05) is 0 Å². The molecular formula is C13H9BrF3NO2S. The van der Waals surface area contributed by atoms with Crippen LogP contribution in [0, 0.1) is 17.5 Å². The summed E-state index contributed by atoms with van der Waals surface area (Å²) in [6, 6.07) is 6.11. The van der Waals surface area contributed by atoms with Gasteiger partial charge in [0, 0.05) is 18.2 Å². The number of benzene rings is 2. The highest BCUT2D eigenvalue weighted by molar-refractivity contribution is 9.10. The Labute approximate surface area is 128 Å². The van der Waals surface area contributed by atoms with Gasteiger partial charge in [0.15, 0.2) is 0 Å². The summed E-state index contributed by atoms with van der Waals surface area (Å²) >= 11 is 2.91. The van der Waals surface area contributed by atoms with E-state index < -0.39 is 27.5 Å². The van der Waals surface area contributed by atoms with Crippen molar-refractivity contribution in [3.8, 4) is 0 Å². The van der Waals surface area contributed by atoms with Gasteiger partial charge in [0.2, 0.25) is 10.0 Å². The van der Waals surface area contributed by atoms with Gasteiger partial charge in [-0.25, -0.2) is 26.3 Å². The van der Waals surface area contributed by atoms with Crippen LogP contribution >= 0.6 is 15.9 Å². The van der Waals surface area contributed by atoms with Gasteiger partial charge in [0.05, 0.1) is 9.37 Å². The number of rotatable bonds is 4. The van der Waals surface area contributed by atoms with Gasteiger partial charge in [-0.1, -0.05) is 6.07 Å². The van der Waals surface area contributed by atoms with Crippen molar-refractivity contribution in [1.82, 2.24) is 4.72 Å². The number of nitrogens with one attached hydrogen (secondary N) is 1. The zero-order valence-corrected chi connectivity index (χ0v) is 12.8. The predicted octanol–water partition coefficient (Wildman–Crippen LogP) is 3.34. The maximum absolute atomic E-state index is 13.4. The standard InChI is InChI=1S/C13H9BrF3NO2S/c14-11-4-3-10(6-13(11)17)21(19,20)18-7-8-1-2-9(15)5-12(8)16/h1-6,18H,7H2. The molecule has 0 saturated carbocycles. The van der Waals surface area contributed by atoms with Crippen molar-refractivity contribution < 1.29 is 21.6 Å². The van der Waals surface area contributed by atoms with Gasteiger partial charge < -0.3 is 0 Å². The zero-order chi connectivity index (χ0) is 15.6. The molecule has 0 saturated heterocycles.